The number of aromatic nitrogens is 1. The molecule has 0 aliphatic carbocycles. The summed E-state index contributed by atoms with van der Waals surface area (Å²) >= 11 is 6.14. The summed E-state index contributed by atoms with van der Waals surface area (Å²) < 4.78 is 11.5. The summed E-state index contributed by atoms with van der Waals surface area (Å²) in [5.41, 5.74) is 1.25. The Morgan fingerprint density at radius 3 is 2.69 bits per heavy atom. The molecular weight excluding hydrogens is 478 g/mol. The van der Waals surface area contributed by atoms with Crippen molar-refractivity contribution in [1.29, 1.82) is 0 Å². The number of likely N-dealkylation sites (tertiary alicyclic amines) is 1. The maximum absolute atomic E-state index is 13.4. The van der Waals surface area contributed by atoms with Gasteiger partial charge in [-0.3, -0.25) is 9.59 Å². The van der Waals surface area contributed by atoms with Crippen molar-refractivity contribution in [2.75, 3.05) is 26.7 Å². The number of amides is 2. The van der Waals surface area contributed by atoms with Gasteiger partial charge < -0.3 is 19.1 Å². The summed E-state index contributed by atoms with van der Waals surface area (Å²) in [6, 6.07) is 18.8. The van der Waals surface area contributed by atoms with E-state index in [1.165, 1.54) is 0 Å². The Morgan fingerprint density at radius 2 is 1.97 bits per heavy atom. The number of rotatable bonds is 9. The van der Waals surface area contributed by atoms with Crippen LogP contribution >= 0.6 is 11.6 Å². The number of piperidine rings is 1. The number of carbonyl (C=O) groups is 2. The fourth-order valence-corrected chi connectivity index (χ4v) is 4.80. The van der Waals surface area contributed by atoms with E-state index in [1.54, 1.807) is 28.0 Å². The van der Waals surface area contributed by atoms with Crippen LogP contribution in [-0.2, 0) is 17.8 Å². The Bertz CT molecular complexity index is 1180. The molecule has 0 N–H and O–H groups in total. The number of aryl methyl sites for hydroxylation is 1. The lowest BCUT2D eigenvalue weighted by atomic mass is 9.77. The van der Waals surface area contributed by atoms with Crippen LogP contribution in [0.1, 0.15) is 48.0 Å². The van der Waals surface area contributed by atoms with Crippen molar-refractivity contribution in [2.24, 2.45) is 5.41 Å². The third-order valence-corrected chi connectivity index (χ3v) is 6.87. The van der Waals surface area contributed by atoms with Gasteiger partial charge in [-0.25, -0.2) is 0 Å². The van der Waals surface area contributed by atoms with E-state index in [0.29, 0.717) is 43.4 Å². The fraction of sp³-hybridized carbons (Fsp3) is 0.393. The summed E-state index contributed by atoms with van der Waals surface area (Å²) in [5.74, 6) is 0.666. The highest BCUT2D eigenvalue weighted by Gasteiger charge is 2.41. The van der Waals surface area contributed by atoms with Crippen molar-refractivity contribution in [3.63, 3.8) is 0 Å². The van der Waals surface area contributed by atoms with E-state index in [2.05, 4.69) is 5.16 Å². The van der Waals surface area contributed by atoms with Crippen molar-refractivity contribution in [1.82, 2.24) is 15.0 Å². The summed E-state index contributed by atoms with van der Waals surface area (Å²) in [6.45, 7) is 3.75. The first-order valence-electron chi connectivity index (χ1n) is 12.3. The van der Waals surface area contributed by atoms with Crippen LogP contribution in [0.3, 0.4) is 0 Å². The maximum Gasteiger partial charge on any atom is 0.292 e. The van der Waals surface area contributed by atoms with Gasteiger partial charge in [0.05, 0.1) is 12.3 Å². The third-order valence-electron chi connectivity index (χ3n) is 6.64. The van der Waals surface area contributed by atoms with Crippen LogP contribution in [0.2, 0.25) is 5.02 Å². The molecule has 2 aromatic carbocycles. The molecule has 1 aliphatic rings. The molecule has 7 nitrogen and oxygen atoms in total. The fourth-order valence-electron chi connectivity index (χ4n) is 4.62. The topological polar surface area (TPSA) is 75.9 Å². The van der Waals surface area contributed by atoms with Crippen molar-refractivity contribution >= 4 is 23.4 Å². The lowest BCUT2D eigenvalue weighted by Gasteiger charge is -2.42. The Kier molecular flexibility index (Phi) is 8.31. The zero-order valence-electron chi connectivity index (χ0n) is 20.8. The highest BCUT2D eigenvalue weighted by atomic mass is 35.5. The molecular formula is C28H32ClN3O4. The molecule has 1 fully saturated rings. The second kappa shape index (κ2) is 11.6. The smallest absolute Gasteiger partial charge is 0.292 e. The lowest BCUT2D eigenvalue weighted by molar-refractivity contribution is -0.134. The first-order chi connectivity index (χ1) is 17.4. The van der Waals surface area contributed by atoms with Crippen LogP contribution < -0.4 is 4.74 Å². The Hall–Kier alpha value is -3.32. The molecule has 0 bridgehead atoms. The SMILES string of the molecule is CCc1cc(C(=O)N2CCC[C@](COc3cccc(Cl)c3)(CC(=O)N(C)Cc3ccccc3)C2)on1. The Labute approximate surface area is 217 Å². The summed E-state index contributed by atoms with van der Waals surface area (Å²) in [7, 11) is 1.81. The number of halogens is 1. The number of ether oxygens (including phenoxy) is 1. The molecule has 0 spiro atoms. The molecule has 1 atom stereocenters. The molecule has 0 saturated carbocycles. The van der Waals surface area contributed by atoms with Gasteiger partial charge in [0.1, 0.15) is 5.75 Å². The zero-order valence-corrected chi connectivity index (χ0v) is 21.5. The third kappa shape index (κ3) is 6.46. The summed E-state index contributed by atoms with van der Waals surface area (Å²) in [4.78, 5) is 30.1. The first kappa shape index (κ1) is 25.8. The molecule has 0 radical (unpaired) electrons. The number of carbonyl (C=O) groups excluding carboxylic acids is 2. The van der Waals surface area contributed by atoms with E-state index in [-0.39, 0.29) is 24.0 Å². The predicted octanol–water partition coefficient (Wildman–Crippen LogP) is 5.24. The second-order valence-corrected chi connectivity index (χ2v) is 9.96. The van der Waals surface area contributed by atoms with Crippen molar-refractivity contribution in [3.8, 4) is 5.75 Å². The number of hydrogen-bond acceptors (Lipinski definition) is 5. The van der Waals surface area contributed by atoms with Crippen LogP contribution in [-0.4, -0.2) is 53.5 Å². The summed E-state index contributed by atoms with van der Waals surface area (Å²) in [6.07, 6.45) is 2.47. The minimum Gasteiger partial charge on any atom is -0.493 e. The van der Waals surface area contributed by atoms with Crippen LogP contribution in [0.15, 0.2) is 65.2 Å². The minimum absolute atomic E-state index is 0.00998. The van der Waals surface area contributed by atoms with Gasteiger partial charge in [0.2, 0.25) is 11.7 Å². The van der Waals surface area contributed by atoms with Gasteiger partial charge in [-0.05, 0) is 43.0 Å². The quantitative estimate of drug-likeness (QED) is 0.394. The molecule has 36 heavy (non-hydrogen) atoms. The minimum atomic E-state index is -0.550. The molecule has 1 aliphatic heterocycles. The average molecular weight is 510 g/mol. The lowest BCUT2D eigenvalue weighted by Crippen LogP contribution is -2.50. The Balaban J connectivity index is 1.52. The molecule has 1 aromatic heterocycles. The highest BCUT2D eigenvalue weighted by molar-refractivity contribution is 6.30. The van der Waals surface area contributed by atoms with Gasteiger partial charge in [0.15, 0.2) is 0 Å². The van der Waals surface area contributed by atoms with Gasteiger partial charge in [-0.2, -0.15) is 0 Å². The van der Waals surface area contributed by atoms with E-state index < -0.39 is 5.41 Å². The van der Waals surface area contributed by atoms with Gasteiger partial charge in [-0.1, -0.05) is 60.1 Å². The molecule has 2 heterocycles. The number of nitrogens with zero attached hydrogens (tertiary/aromatic N) is 3. The highest BCUT2D eigenvalue weighted by Crippen LogP contribution is 2.36. The molecule has 8 heteroatoms. The molecule has 3 aromatic rings. The van der Waals surface area contributed by atoms with Crippen LogP contribution in [0.25, 0.3) is 0 Å². The van der Waals surface area contributed by atoms with Gasteiger partial charge >= 0.3 is 0 Å². The normalized spacial score (nSPS) is 17.6. The molecule has 2 amide bonds. The maximum atomic E-state index is 13.4. The van der Waals surface area contributed by atoms with Gasteiger partial charge in [0.25, 0.3) is 5.91 Å². The van der Waals surface area contributed by atoms with E-state index in [1.807, 2.05) is 56.4 Å². The van der Waals surface area contributed by atoms with Crippen molar-refractivity contribution in [3.05, 3.63) is 82.7 Å². The van der Waals surface area contributed by atoms with Crippen LogP contribution in [0.4, 0.5) is 0 Å². The van der Waals surface area contributed by atoms with Crippen LogP contribution in [0, 0.1) is 5.41 Å². The van der Waals surface area contributed by atoms with E-state index in [4.69, 9.17) is 20.9 Å². The van der Waals surface area contributed by atoms with E-state index in [0.717, 1.165) is 24.1 Å². The number of benzene rings is 2. The van der Waals surface area contributed by atoms with Crippen molar-refractivity contribution < 1.29 is 18.8 Å². The zero-order chi connectivity index (χ0) is 25.5. The van der Waals surface area contributed by atoms with Gasteiger partial charge in [-0.15, -0.1) is 0 Å². The first-order valence-corrected chi connectivity index (χ1v) is 12.7. The predicted molar refractivity (Wildman–Crippen MR) is 138 cm³/mol. The van der Waals surface area contributed by atoms with Gasteiger partial charge in [0, 0.05) is 49.6 Å². The number of hydrogen-bond donors (Lipinski definition) is 0. The largest absolute Gasteiger partial charge is 0.493 e. The average Bonchev–Trinajstić information content (AvgIpc) is 3.37. The van der Waals surface area contributed by atoms with E-state index in [9.17, 15) is 9.59 Å². The summed E-state index contributed by atoms with van der Waals surface area (Å²) in [5, 5.41) is 4.54. The molecule has 1 saturated heterocycles. The molecule has 0 unspecified atom stereocenters. The van der Waals surface area contributed by atoms with Crippen LogP contribution in [0.5, 0.6) is 5.75 Å². The van der Waals surface area contributed by atoms with E-state index >= 15 is 0 Å². The second-order valence-electron chi connectivity index (χ2n) is 9.52. The molecule has 4 rings (SSSR count). The standard InChI is InChI=1S/C28H32ClN3O4/c1-3-23-16-25(36-30-23)27(34)32-14-8-13-28(19-32,20-35-24-12-7-11-22(29)15-24)17-26(33)31(2)18-21-9-5-4-6-10-21/h4-7,9-12,15-16H,3,8,13-14,17-20H2,1-2H3/t28-/m0/s1. The molecule has 190 valence electrons. The Morgan fingerprint density at radius 1 is 1.17 bits per heavy atom. The van der Waals surface area contributed by atoms with Crippen molar-refractivity contribution in [2.45, 2.75) is 39.2 Å². The monoisotopic (exact) mass is 509 g/mol.